The molecule has 2 aromatic carbocycles. The van der Waals surface area contributed by atoms with Crippen LogP contribution in [0, 0.1) is 6.92 Å². The molecule has 0 aliphatic rings. The van der Waals surface area contributed by atoms with E-state index in [1.165, 1.54) is 11.1 Å². The van der Waals surface area contributed by atoms with Crippen molar-refractivity contribution in [2.75, 3.05) is 6.61 Å². The lowest BCUT2D eigenvalue weighted by Gasteiger charge is -2.07. The molecule has 1 N–H and O–H groups in total. The molecule has 0 amide bonds. The second kappa shape index (κ2) is 6.95. The van der Waals surface area contributed by atoms with Gasteiger partial charge in [0.25, 0.3) is 0 Å². The summed E-state index contributed by atoms with van der Waals surface area (Å²) < 4.78 is 5.68. The zero-order valence-corrected chi connectivity index (χ0v) is 11.3. The van der Waals surface area contributed by atoms with Crippen LogP contribution < -0.4 is 4.74 Å². The lowest BCUT2D eigenvalue weighted by atomic mass is 10.1. The van der Waals surface area contributed by atoms with Crippen molar-refractivity contribution in [3.63, 3.8) is 0 Å². The molecule has 100 valence electrons. The predicted molar refractivity (Wildman–Crippen MR) is 77.4 cm³/mol. The summed E-state index contributed by atoms with van der Waals surface area (Å²) in [5.74, 6) is 0.829. The Morgan fingerprint density at radius 1 is 1.00 bits per heavy atom. The normalized spacial score (nSPS) is 10.4. The number of aliphatic hydroxyl groups excluding tert-OH is 1. The molecule has 0 spiro atoms. The van der Waals surface area contributed by atoms with Crippen LogP contribution in [-0.4, -0.2) is 11.7 Å². The van der Waals surface area contributed by atoms with Crippen LogP contribution in [0.15, 0.2) is 48.5 Å². The van der Waals surface area contributed by atoms with Crippen LogP contribution in [0.1, 0.15) is 23.1 Å². The standard InChI is InChI=1S/C17H20O2/c1-14-7-9-15(10-8-14)5-3-11-19-17-6-2-4-16(12-17)13-18/h2,4,6-10,12,18H,3,5,11,13H2,1H3. The minimum absolute atomic E-state index is 0.0561. The molecule has 0 unspecified atom stereocenters. The Morgan fingerprint density at radius 3 is 2.53 bits per heavy atom. The van der Waals surface area contributed by atoms with E-state index in [4.69, 9.17) is 9.84 Å². The summed E-state index contributed by atoms with van der Waals surface area (Å²) in [7, 11) is 0. The smallest absolute Gasteiger partial charge is 0.119 e. The molecule has 0 aliphatic heterocycles. The van der Waals surface area contributed by atoms with Gasteiger partial charge in [-0.05, 0) is 43.0 Å². The van der Waals surface area contributed by atoms with E-state index in [0.717, 1.165) is 24.2 Å². The van der Waals surface area contributed by atoms with E-state index in [2.05, 4.69) is 31.2 Å². The first-order chi connectivity index (χ1) is 9.28. The van der Waals surface area contributed by atoms with Crippen molar-refractivity contribution < 1.29 is 9.84 Å². The van der Waals surface area contributed by atoms with E-state index in [-0.39, 0.29) is 6.61 Å². The maximum Gasteiger partial charge on any atom is 0.119 e. The highest BCUT2D eigenvalue weighted by Gasteiger charge is 1.97. The van der Waals surface area contributed by atoms with Crippen LogP contribution in [0.5, 0.6) is 5.75 Å². The zero-order valence-electron chi connectivity index (χ0n) is 11.3. The molecule has 0 heterocycles. The van der Waals surface area contributed by atoms with Crippen LogP contribution in [0.2, 0.25) is 0 Å². The number of hydrogen-bond donors (Lipinski definition) is 1. The van der Waals surface area contributed by atoms with Gasteiger partial charge in [0.2, 0.25) is 0 Å². The Labute approximate surface area is 114 Å². The second-order valence-electron chi connectivity index (χ2n) is 4.74. The number of hydrogen-bond acceptors (Lipinski definition) is 2. The molecule has 0 saturated carbocycles. The van der Waals surface area contributed by atoms with Crippen molar-refractivity contribution in [3.05, 3.63) is 65.2 Å². The maximum atomic E-state index is 9.05. The molecular formula is C17H20O2. The van der Waals surface area contributed by atoms with Gasteiger partial charge in [0.15, 0.2) is 0 Å². The summed E-state index contributed by atoms with van der Waals surface area (Å²) >= 11 is 0. The molecule has 0 aromatic heterocycles. The fourth-order valence-electron chi connectivity index (χ4n) is 1.95. The van der Waals surface area contributed by atoms with Gasteiger partial charge in [-0.15, -0.1) is 0 Å². The van der Waals surface area contributed by atoms with Crippen molar-refractivity contribution >= 4 is 0 Å². The summed E-state index contributed by atoms with van der Waals surface area (Å²) in [4.78, 5) is 0. The lowest BCUT2D eigenvalue weighted by Crippen LogP contribution is -2.00. The number of benzene rings is 2. The summed E-state index contributed by atoms with van der Waals surface area (Å²) in [6, 6.07) is 16.2. The topological polar surface area (TPSA) is 29.5 Å². The number of rotatable bonds is 6. The predicted octanol–water partition coefficient (Wildman–Crippen LogP) is 3.50. The third-order valence-corrected chi connectivity index (χ3v) is 3.08. The molecule has 2 heteroatoms. The Bertz CT molecular complexity index is 503. The molecule has 0 atom stereocenters. The average molecular weight is 256 g/mol. The quantitative estimate of drug-likeness (QED) is 0.802. The Kier molecular flexibility index (Phi) is 4.99. The van der Waals surface area contributed by atoms with Gasteiger partial charge in [-0.25, -0.2) is 0 Å². The molecule has 0 bridgehead atoms. The number of ether oxygens (including phenoxy) is 1. The summed E-state index contributed by atoms with van der Waals surface area (Å²) in [6.07, 6.45) is 2.02. The minimum atomic E-state index is 0.0561. The molecule has 0 radical (unpaired) electrons. The largest absolute Gasteiger partial charge is 0.494 e. The van der Waals surface area contributed by atoms with E-state index in [1.807, 2.05) is 24.3 Å². The average Bonchev–Trinajstić information content (AvgIpc) is 2.46. The van der Waals surface area contributed by atoms with Crippen molar-refractivity contribution in [1.82, 2.24) is 0 Å². The van der Waals surface area contributed by atoms with Gasteiger partial charge in [-0.3, -0.25) is 0 Å². The summed E-state index contributed by atoms with van der Waals surface area (Å²) in [5.41, 5.74) is 3.52. The minimum Gasteiger partial charge on any atom is -0.494 e. The van der Waals surface area contributed by atoms with Gasteiger partial charge in [0.05, 0.1) is 13.2 Å². The molecule has 0 fully saturated rings. The first-order valence-electron chi connectivity index (χ1n) is 6.66. The third-order valence-electron chi connectivity index (χ3n) is 3.08. The first kappa shape index (κ1) is 13.6. The fraction of sp³-hybridized carbons (Fsp3) is 0.294. The van der Waals surface area contributed by atoms with Crippen LogP contribution in [0.4, 0.5) is 0 Å². The van der Waals surface area contributed by atoms with E-state index in [0.29, 0.717) is 6.61 Å². The van der Waals surface area contributed by atoms with Crippen LogP contribution >= 0.6 is 0 Å². The van der Waals surface area contributed by atoms with Crippen molar-refractivity contribution in [1.29, 1.82) is 0 Å². The van der Waals surface area contributed by atoms with Gasteiger partial charge in [-0.1, -0.05) is 42.0 Å². The zero-order chi connectivity index (χ0) is 13.5. The van der Waals surface area contributed by atoms with Crippen LogP contribution in [0.3, 0.4) is 0 Å². The van der Waals surface area contributed by atoms with Crippen molar-refractivity contribution in [2.45, 2.75) is 26.4 Å². The summed E-state index contributed by atoms with van der Waals surface area (Å²) in [6.45, 7) is 2.85. The maximum absolute atomic E-state index is 9.05. The number of aryl methyl sites for hydroxylation is 2. The van der Waals surface area contributed by atoms with Crippen LogP contribution in [0.25, 0.3) is 0 Å². The molecule has 2 aromatic rings. The van der Waals surface area contributed by atoms with Gasteiger partial charge < -0.3 is 9.84 Å². The van der Waals surface area contributed by atoms with E-state index in [1.54, 1.807) is 0 Å². The van der Waals surface area contributed by atoms with Gasteiger partial charge >= 0.3 is 0 Å². The van der Waals surface area contributed by atoms with Crippen LogP contribution in [-0.2, 0) is 13.0 Å². The molecule has 0 aliphatic carbocycles. The molecule has 2 rings (SSSR count). The molecule has 0 saturated heterocycles. The molecule has 2 nitrogen and oxygen atoms in total. The highest BCUT2D eigenvalue weighted by molar-refractivity contribution is 5.28. The third kappa shape index (κ3) is 4.42. The van der Waals surface area contributed by atoms with E-state index >= 15 is 0 Å². The van der Waals surface area contributed by atoms with E-state index < -0.39 is 0 Å². The van der Waals surface area contributed by atoms with E-state index in [9.17, 15) is 0 Å². The van der Waals surface area contributed by atoms with Crippen molar-refractivity contribution in [2.24, 2.45) is 0 Å². The Balaban J connectivity index is 1.75. The monoisotopic (exact) mass is 256 g/mol. The lowest BCUT2D eigenvalue weighted by molar-refractivity contribution is 0.278. The van der Waals surface area contributed by atoms with Crippen molar-refractivity contribution in [3.8, 4) is 5.75 Å². The Hall–Kier alpha value is -1.80. The highest BCUT2D eigenvalue weighted by atomic mass is 16.5. The summed E-state index contributed by atoms with van der Waals surface area (Å²) in [5, 5.41) is 9.05. The van der Waals surface area contributed by atoms with Gasteiger partial charge in [0, 0.05) is 0 Å². The SMILES string of the molecule is Cc1ccc(CCCOc2cccc(CO)c2)cc1. The highest BCUT2D eigenvalue weighted by Crippen LogP contribution is 2.14. The second-order valence-corrected chi connectivity index (χ2v) is 4.74. The Morgan fingerprint density at radius 2 is 1.79 bits per heavy atom. The fourth-order valence-corrected chi connectivity index (χ4v) is 1.95. The first-order valence-corrected chi connectivity index (χ1v) is 6.66. The van der Waals surface area contributed by atoms with Gasteiger partial charge in [0.1, 0.15) is 5.75 Å². The molecule has 19 heavy (non-hydrogen) atoms. The molecular weight excluding hydrogens is 236 g/mol. The van der Waals surface area contributed by atoms with Gasteiger partial charge in [-0.2, -0.15) is 0 Å². The number of aliphatic hydroxyl groups is 1.